The van der Waals surface area contributed by atoms with E-state index in [0.717, 1.165) is 38.1 Å². The van der Waals surface area contributed by atoms with Gasteiger partial charge in [0.15, 0.2) is 6.61 Å². The van der Waals surface area contributed by atoms with Gasteiger partial charge in [0.1, 0.15) is 5.75 Å². The van der Waals surface area contributed by atoms with Crippen molar-refractivity contribution in [2.24, 2.45) is 0 Å². The molecule has 0 radical (unpaired) electrons. The summed E-state index contributed by atoms with van der Waals surface area (Å²) in [6.45, 7) is 1.84. The lowest BCUT2D eigenvalue weighted by molar-refractivity contribution is -0.134. The second-order valence-corrected chi connectivity index (χ2v) is 6.65. The molecule has 2 aliphatic rings. The molecule has 1 aliphatic carbocycles. The highest BCUT2D eigenvalue weighted by Crippen LogP contribution is 2.26. The number of ether oxygens (including phenoxy) is 1. The Morgan fingerprint density at radius 2 is 1.95 bits per heavy atom. The number of fused-ring (bicyclic) bond motifs is 1. The fraction of sp³-hybridized carbons (Fsp3) is 0.611. The van der Waals surface area contributed by atoms with Crippen molar-refractivity contribution in [2.75, 3.05) is 33.8 Å². The van der Waals surface area contributed by atoms with Gasteiger partial charge < -0.3 is 14.5 Å². The second-order valence-electron chi connectivity index (χ2n) is 6.65. The standard InChI is InChI=1S/C18H26N2O2/c1-19(2)16-8-10-20(11-9-16)18(21)13-22-17-7-6-14-4-3-5-15(14)12-17/h6-7,12,16H,3-5,8-11,13H2,1-2H3. The predicted octanol–water partition coefficient (Wildman–Crippen LogP) is 2.11. The zero-order chi connectivity index (χ0) is 15.5. The maximum absolute atomic E-state index is 12.3. The molecule has 22 heavy (non-hydrogen) atoms. The fourth-order valence-corrected chi connectivity index (χ4v) is 3.51. The summed E-state index contributed by atoms with van der Waals surface area (Å²) < 4.78 is 5.72. The number of benzene rings is 1. The molecule has 0 unspecified atom stereocenters. The molecule has 1 aromatic rings. The molecule has 0 spiro atoms. The summed E-state index contributed by atoms with van der Waals surface area (Å²) in [6.07, 6.45) is 5.65. The van der Waals surface area contributed by atoms with Gasteiger partial charge in [0.05, 0.1) is 0 Å². The van der Waals surface area contributed by atoms with Crippen LogP contribution in [0.15, 0.2) is 18.2 Å². The fourth-order valence-electron chi connectivity index (χ4n) is 3.51. The molecule has 120 valence electrons. The van der Waals surface area contributed by atoms with Gasteiger partial charge in [-0.05, 0) is 69.5 Å². The molecule has 0 atom stereocenters. The van der Waals surface area contributed by atoms with Crippen molar-refractivity contribution in [1.29, 1.82) is 0 Å². The number of hydrogen-bond donors (Lipinski definition) is 0. The molecular formula is C18H26N2O2. The van der Waals surface area contributed by atoms with Crippen LogP contribution in [0.4, 0.5) is 0 Å². The summed E-state index contributed by atoms with van der Waals surface area (Å²) >= 11 is 0. The van der Waals surface area contributed by atoms with Crippen LogP contribution in [0.5, 0.6) is 5.75 Å². The third kappa shape index (κ3) is 3.43. The Morgan fingerprint density at radius 3 is 2.68 bits per heavy atom. The maximum Gasteiger partial charge on any atom is 0.260 e. The van der Waals surface area contributed by atoms with Crippen LogP contribution in [0.2, 0.25) is 0 Å². The quantitative estimate of drug-likeness (QED) is 0.854. The molecule has 1 amide bonds. The molecule has 0 bridgehead atoms. The topological polar surface area (TPSA) is 32.8 Å². The molecule has 4 nitrogen and oxygen atoms in total. The smallest absolute Gasteiger partial charge is 0.260 e. The molecule has 1 fully saturated rings. The minimum atomic E-state index is 0.109. The summed E-state index contributed by atoms with van der Waals surface area (Å²) in [6, 6.07) is 6.84. The Morgan fingerprint density at radius 1 is 1.23 bits per heavy atom. The highest BCUT2D eigenvalue weighted by molar-refractivity contribution is 5.77. The number of likely N-dealkylation sites (tertiary alicyclic amines) is 1. The predicted molar refractivity (Wildman–Crippen MR) is 87.3 cm³/mol. The lowest BCUT2D eigenvalue weighted by Crippen LogP contribution is -2.45. The molecule has 3 rings (SSSR count). The normalized spacial score (nSPS) is 18.6. The van der Waals surface area contributed by atoms with Gasteiger partial charge in [-0.2, -0.15) is 0 Å². The molecular weight excluding hydrogens is 276 g/mol. The van der Waals surface area contributed by atoms with Crippen LogP contribution in [0, 0.1) is 0 Å². The van der Waals surface area contributed by atoms with Gasteiger partial charge in [0, 0.05) is 19.1 Å². The largest absolute Gasteiger partial charge is 0.484 e. The number of rotatable bonds is 4. The molecule has 0 aromatic heterocycles. The van der Waals surface area contributed by atoms with Crippen molar-refractivity contribution < 1.29 is 9.53 Å². The average Bonchev–Trinajstić information content (AvgIpc) is 3.00. The van der Waals surface area contributed by atoms with Crippen LogP contribution in [0.25, 0.3) is 0 Å². The van der Waals surface area contributed by atoms with E-state index < -0.39 is 0 Å². The van der Waals surface area contributed by atoms with Crippen molar-refractivity contribution in [2.45, 2.75) is 38.1 Å². The minimum Gasteiger partial charge on any atom is -0.484 e. The molecule has 1 aliphatic heterocycles. The number of nitrogens with zero attached hydrogens (tertiary/aromatic N) is 2. The Labute approximate surface area is 133 Å². The van der Waals surface area contributed by atoms with E-state index in [1.54, 1.807) is 0 Å². The lowest BCUT2D eigenvalue weighted by atomic mass is 10.0. The van der Waals surface area contributed by atoms with Crippen LogP contribution in [-0.4, -0.2) is 55.5 Å². The van der Waals surface area contributed by atoms with Gasteiger partial charge in [-0.25, -0.2) is 0 Å². The van der Waals surface area contributed by atoms with E-state index in [2.05, 4.69) is 31.1 Å². The van der Waals surface area contributed by atoms with Gasteiger partial charge in [0.2, 0.25) is 0 Å². The van der Waals surface area contributed by atoms with E-state index in [1.807, 2.05) is 11.0 Å². The number of carbonyl (C=O) groups excluding carboxylic acids is 1. The first-order chi connectivity index (χ1) is 10.6. The number of piperidine rings is 1. The third-order valence-corrected chi connectivity index (χ3v) is 4.98. The van der Waals surface area contributed by atoms with E-state index in [9.17, 15) is 4.79 Å². The highest BCUT2D eigenvalue weighted by atomic mass is 16.5. The molecule has 0 N–H and O–H groups in total. The summed E-state index contributed by atoms with van der Waals surface area (Å²) in [5.74, 6) is 0.940. The third-order valence-electron chi connectivity index (χ3n) is 4.98. The van der Waals surface area contributed by atoms with Crippen LogP contribution < -0.4 is 4.74 Å². The van der Waals surface area contributed by atoms with Crippen LogP contribution in [0.3, 0.4) is 0 Å². The van der Waals surface area contributed by atoms with Crippen molar-refractivity contribution >= 4 is 5.91 Å². The van der Waals surface area contributed by atoms with Gasteiger partial charge in [-0.3, -0.25) is 4.79 Å². The Hall–Kier alpha value is -1.55. The van der Waals surface area contributed by atoms with Gasteiger partial charge in [0.25, 0.3) is 5.91 Å². The average molecular weight is 302 g/mol. The summed E-state index contributed by atoms with van der Waals surface area (Å²) in [4.78, 5) is 16.5. The molecule has 4 heteroatoms. The van der Waals surface area contributed by atoms with Crippen molar-refractivity contribution in [1.82, 2.24) is 9.80 Å². The summed E-state index contributed by atoms with van der Waals surface area (Å²) in [5, 5.41) is 0. The zero-order valence-electron chi connectivity index (χ0n) is 13.7. The SMILES string of the molecule is CN(C)C1CCN(C(=O)COc2ccc3c(c2)CCC3)CC1. The van der Waals surface area contributed by atoms with E-state index in [4.69, 9.17) is 4.74 Å². The first-order valence-electron chi connectivity index (χ1n) is 8.32. The monoisotopic (exact) mass is 302 g/mol. The van der Waals surface area contributed by atoms with Gasteiger partial charge >= 0.3 is 0 Å². The van der Waals surface area contributed by atoms with Crippen LogP contribution in [-0.2, 0) is 17.6 Å². The zero-order valence-corrected chi connectivity index (χ0v) is 13.7. The minimum absolute atomic E-state index is 0.109. The van der Waals surface area contributed by atoms with Crippen LogP contribution >= 0.6 is 0 Å². The van der Waals surface area contributed by atoms with Gasteiger partial charge in [-0.15, -0.1) is 0 Å². The van der Waals surface area contributed by atoms with E-state index >= 15 is 0 Å². The summed E-state index contributed by atoms with van der Waals surface area (Å²) in [7, 11) is 4.22. The number of hydrogen-bond acceptors (Lipinski definition) is 3. The molecule has 1 heterocycles. The second kappa shape index (κ2) is 6.69. The Balaban J connectivity index is 1.48. The summed E-state index contributed by atoms with van der Waals surface area (Å²) in [5.41, 5.74) is 2.82. The van der Waals surface area contributed by atoms with Crippen molar-refractivity contribution in [3.63, 3.8) is 0 Å². The van der Waals surface area contributed by atoms with Gasteiger partial charge in [-0.1, -0.05) is 6.07 Å². The van der Waals surface area contributed by atoms with Crippen molar-refractivity contribution in [3.8, 4) is 5.75 Å². The first-order valence-corrected chi connectivity index (χ1v) is 8.32. The number of amides is 1. The molecule has 1 aromatic carbocycles. The maximum atomic E-state index is 12.3. The lowest BCUT2D eigenvalue weighted by Gasteiger charge is -2.35. The Kier molecular flexibility index (Phi) is 4.67. The van der Waals surface area contributed by atoms with E-state index in [-0.39, 0.29) is 12.5 Å². The number of aryl methyl sites for hydroxylation is 2. The number of carbonyl (C=O) groups is 1. The highest BCUT2D eigenvalue weighted by Gasteiger charge is 2.24. The first kappa shape index (κ1) is 15.3. The molecule has 1 saturated heterocycles. The van der Waals surface area contributed by atoms with Crippen molar-refractivity contribution in [3.05, 3.63) is 29.3 Å². The molecule has 0 saturated carbocycles. The van der Waals surface area contributed by atoms with E-state index in [0.29, 0.717) is 6.04 Å². The Bertz CT molecular complexity index is 534. The van der Waals surface area contributed by atoms with Crippen LogP contribution in [0.1, 0.15) is 30.4 Å². The van der Waals surface area contributed by atoms with E-state index in [1.165, 1.54) is 24.0 Å².